The molecule has 156 valence electrons. The third-order valence-corrected chi connectivity index (χ3v) is 8.43. The van der Waals surface area contributed by atoms with Crippen molar-refractivity contribution in [2.75, 3.05) is 6.79 Å². The summed E-state index contributed by atoms with van der Waals surface area (Å²) >= 11 is 0. The second-order valence-corrected chi connectivity index (χ2v) is 11.2. The predicted octanol–water partition coefficient (Wildman–Crippen LogP) is 6.35. The number of carbonyl (C=O) groups is 1. The van der Waals surface area contributed by atoms with Gasteiger partial charge in [0.15, 0.2) is 6.79 Å². The molecule has 0 aromatic carbocycles. The van der Waals surface area contributed by atoms with Gasteiger partial charge >= 0.3 is 5.97 Å². The molecule has 4 rings (SSSR count). The van der Waals surface area contributed by atoms with Gasteiger partial charge < -0.3 is 9.47 Å². The summed E-state index contributed by atoms with van der Waals surface area (Å²) in [4.78, 5) is 13.2. The van der Waals surface area contributed by atoms with Crippen molar-refractivity contribution in [2.24, 2.45) is 34.5 Å². The number of hydrogen-bond acceptors (Lipinski definition) is 3. The number of hydrogen-bond donors (Lipinski definition) is 0. The molecule has 0 aromatic rings. The average molecular weight is 379 g/mol. The fraction of sp³-hybridized carbons (Fsp3) is 0.958. The van der Waals surface area contributed by atoms with Crippen LogP contribution in [0.4, 0.5) is 0 Å². The molecule has 0 amide bonds. The van der Waals surface area contributed by atoms with Gasteiger partial charge in [-0.3, -0.25) is 4.79 Å². The van der Waals surface area contributed by atoms with E-state index in [-0.39, 0.29) is 29.7 Å². The first-order valence-corrected chi connectivity index (χ1v) is 11.4. The van der Waals surface area contributed by atoms with Crippen molar-refractivity contribution < 1.29 is 14.3 Å². The topological polar surface area (TPSA) is 35.5 Å². The second kappa shape index (κ2) is 7.69. The summed E-state index contributed by atoms with van der Waals surface area (Å²) in [6, 6.07) is 0. The second-order valence-electron chi connectivity index (χ2n) is 11.2. The summed E-state index contributed by atoms with van der Waals surface area (Å²) in [6.45, 7) is 13.3. The molecule has 3 heteroatoms. The lowest BCUT2D eigenvalue weighted by Crippen LogP contribution is -2.52. The van der Waals surface area contributed by atoms with E-state index in [2.05, 4.69) is 41.5 Å². The summed E-state index contributed by atoms with van der Waals surface area (Å²) in [6.07, 6.45) is 10.5. The molecule has 0 aromatic heterocycles. The Kier molecular flexibility index (Phi) is 6.02. The van der Waals surface area contributed by atoms with Crippen LogP contribution in [0.3, 0.4) is 0 Å². The van der Waals surface area contributed by atoms with E-state index in [1.54, 1.807) is 0 Å². The minimum Gasteiger partial charge on any atom is -0.438 e. The Bertz CT molecular complexity index is 500. The van der Waals surface area contributed by atoms with Gasteiger partial charge in [-0.05, 0) is 80.5 Å². The van der Waals surface area contributed by atoms with E-state index >= 15 is 0 Å². The largest absolute Gasteiger partial charge is 0.438 e. The molecule has 0 N–H and O–H groups in total. The Morgan fingerprint density at radius 2 is 1.52 bits per heavy atom. The van der Waals surface area contributed by atoms with Crippen LogP contribution in [-0.4, -0.2) is 18.4 Å². The predicted molar refractivity (Wildman–Crippen MR) is 109 cm³/mol. The molecule has 0 radical (unpaired) electrons. The summed E-state index contributed by atoms with van der Waals surface area (Å²) in [5.74, 6) is 2.76. The molecular weight excluding hydrogens is 336 g/mol. The zero-order valence-electron chi connectivity index (χ0n) is 18.6. The highest BCUT2D eigenvalue weighted by Gasteiger charge is 2.52. The smallest absolute Gasteiger partial charge is 0.314 e. The van der Waals surface area contributed by atoms with E-state index in [0.717, 1.165) is 37.0 Å². The first kappa shape index (κ1) is 21.1. The molecule has 0 aliphatic heterocycles. The maximum Gasteiger partial charge on any atom is 0.314 e. The Hall–Kier alpha value is -0.570. The van der Waals surface area contributed by atoms with Crippen molar-refractivity contribution in [1.29, 1.82) is 0 Å². The molecule has 4 fully saturated rings. The van der Waals surface area contributed by atoms with Crippen LogP contribution in [0.1, 0.15) is 99.3 Å². The molecular formula is C24H42O3. The van der Waals surface area contributed by atoms with Crippen LogP contribution in [0.5, 0.6) is 0 Å². The SMILES string of the molecule is CCC(C)(C)CC(CC)(C(=O)OCOC12CC3CC(CC(C3)C1)C2)C(C)C. The number of esters is 1. The highest BCUT2D eigenvalue weighted by Crippen LogP contribution is 2.57. The maximum atomic E-state index is 13.2. The molecule has 27 heavy (non-hydrogen) atoms. The van der Waals surface area contributed by atoms with Crippen molar-refractivity contribution in [1.82, 2.24) is 0 Å². The normalized spacial score (nSPS) is 34.7. The lowest BCUT2D eigenvalue weighted by molar-refractivity contribution is -0.217. The zero-order valence-corrected chi connectivity index (χ0v) is 18.6. The van der Waals surface area contributed by atoms with Crippen molar-refractivity contribution in [3.63, 3.8) is 0 Å². The van der Waals surface area contributed by atoms with Gasteiger partial charge in [0.25, 0.3) is 0 Å². The standard InChI is InChI=1S/C24H42O3/c1-7-22(5,6)15-24(8-2,17(3)4)21(25)26-16-27-23-12-18-9-19(13-23)11-20(10-18)14-23/h17-20H,7-16H2,1-6H3. The lowest BCUT2D eigenvalue weighted by atomic mass is 9.54. The number of carbonyl (C=O) groups excluding carboxylic acids is 1. The summed E-state index contributed by atoms with van der Waals surface area (Å²) in [5, 5.41) is 0. The molecule has 4 aliphatic carbocycles. The average Bonchev–Trinajstić information content (AvgIpc) is 2.58. The van der Waals surface area contributed by atoms with Crippen LogP contribution in [0, 0.1) is 34.5 Å². The third-order valence-electron chi connectivity index (χ3n) is 8.43. The van der Waals surface area contributed by atoms with Crippen LogP contribution in [-0.2, 0) is 14.3 Å². The maximum absolute atomic E-state index is 13.2. The van der Waals surface area contributed by atoms with Gasteiger partial charge in [-0.15, -0.1) is 0 Å². The first-order valence-electron chi connectivity index (χ1n) is 11.4. The summed E-state index contributed by atoms with van der Waals surface area (Å²) in [7, 11) is 0. The van der Waals surface area contributed by atoms with Crippen LogP contribution in [0.15, 0.2) is 0 Å². The third kappa shape index (κ3) is 4.23. The Morgan fingerprint density at radius 1 is 1.00 bits per heavy atom. The molecule has 0 spiro atoms. The van der Waals surface area contributed by atoms with Gasteiger partial charge in [0, 0.05) is 0 Å². The van der Waals surface area contributed by atoms with Crippen molar-refractivity contribution in [2.45, 2.75) is 105 Å². The van der Waals surface area contributed by atoms with Gasteiger partial charge in [0.2, 0.25) is 0 Å². The summed E-state index contributed by atoms with van der Waals surface area (Å²) in [5.41, 5.74) is -0.269. The first-order chi connectivity index (χ1) is 12.6. The van der Waals surface area contributed by atoms with Crippen LogP contribution in [0.25, 0.3) is 0 Å². The lowest BCUT2D eigenvalue weighted by Gasteiger charge is -2.56. The fourth-order valence-corrected chi connectivity index (χ4v) is 6.73. The van der Waals surface area contributed by atoms with Gasteiger partial charge in [-0.1, -0.05) is 48.0 Å². The van der Waals surface area contributed by atoms with E-state index in [1.807, 2.05) is 0 Å². The minimum atomic E-state index is -0.412. The highest BCUT2D eigenvalue weighted by atomic mass is 16.7. The number of rotatable bonds is 9. The molecule has 3 nitrogen and oxygen atoms in total. The monoisotopic (exact) mass is 378 g/mol. The quantitative estimate of drug-likeness (QED) is 0.346. The molecule has 1 atom stereocenters. The van der Waals surface area contributed by atoms with E-state index < -0.39 is 5.41 Å². The van der Waals surface area contributed by atoms with Gasteiger partial charge in [0.05, 0.1) is 11.0 Å². The molecule has 4 bridgehead atoms. The molecule has 4 saturated carbocycles. The Morgan fingerprint density at radius 3 is 1.93 bits per heavy atom. The van der Waals surface area contributed by atoms with E-state index in [4.69, 9.17) is 9.47 Å². The Balaban J connectivity index is 1.61. The van der Waals surface area contributed by atoms with E-state index in [1.165, 1.54) is 38.5 Å². The van der Waals surface area contributed by atoms with E-state index in [9.17, 15) is 4.79 Å². The van der Waals surface area contributed by atoms with Crippen molar-refractivity contribution in [3.8, 4) is 0 Å². The zero-order chi connectivity index (χ0) is 19.9. The van der Waals surface area contributed by atoms with Crippen molar-refractivity contribution >= 4 is 5.97 Å². The van der Waals surface area contributed by atoms with E-state index in [0.29, 0.717) is 0 Å². The van der Waals surface area contributed by atoms with Crippen molar-refractivity contribution in [3.05, 3.63) is 0 Å². The molecule has 0 saturated heterocycles. The molecule has 0 heterocycles. The van der Waals surface area contributed by atoms with Gasteiger partial charge in [-0.2, -0.15) is 0 Å². The van der Waals surface area contributed by atoms with Gasteiger partial charge in [-0.25, -0.2) is 0 Å². The fourth-order valence-electron chi connectivity index (χ4n) is 6.73. The summed E-state index contributed by atoms with van der Waals surface area (Å²) < 4.78 is 12.2. The highest BCUT2D eigenvalue weighted by molar-refractivity contribution is 5.77. The van der Waals surface area contributed by atoms with Crippen LogP contribution >= 0.6 is 0 Å². The number of ether oxygens (including phenoxy) is 2. The van der Waals surface area contributed by atoms with Crippen LogP contribution < -0.4 is 0 Å². The van der Waals surface area contributed by atoms with Crippen LogP contribution in [0.2, 0.25) is 0 Å². The Labute approximate surface area is 167 Å². The molecule has 1 unspecified atom stereocenters. The minimum absolute atomic E-state index is 0.00439. The molecule has 4 aliphatic rings. The van der Waals surface area contributed by atoms with Gasteiger partial charge in [0.1, 0.15) is 0 Å².